The number of rotatable bonds is 6. The molecule has 0 aromatic carbocycles. The van der Waals surface area contributed by atoms with Crippen LogP contribution in [-0.4, -0.2) is 50.2 Å². The second kappa shape index (κ2) is 8.79. The third kappa shape index (κ3) is 5.16. The molecule has 3 rings (SSSR count). The van der Waals surface area contributed by atoms with Crippen LogP contribution < -0.4 is 5.32 Å². The van der Waals surface area contributed by atoms with Crippen LogP contribution in [0.15, 0.2) is 23.6 Å². The number of carbonyl (C=O) groups excluding carboxylic acids is 1. The fraction of sp³-hybridized carbons (Fsp3) is 0.632. The monoisotopic (exact) mass is 348 g/mol. The summed E-state index contributed by atoms with van der Waals surface area (Å²) in [6, 6.07) is 4.02. The van der Waals surface area contributed by atoms with Crippen LogP contribution in [0.3, 0.4) is 0 Å². The van der Waals surface area contributed by atoms with Gasteiger partial charge in [-0.05, 0) is 56.3 Å². The van der Waals surface area contributed by atoms with E-state index in [0.717, 1.165) is 44.0 Å². The number of hydrogen-bond donors (Lipinski definition) is 1. The molecule has 1 aromatic heterocycles. The number of amides is 1. The first-order chi connectivity index (χ1) is 11.8. The Labute approximate surface area is 148 Å². The zero-order valence-electron chi connectivity index (χ0n) is 14.3. The average molecular weight is 349 g/mol. The van der Waals surface area contributed by atoms with E-state index in [0.29, 0.717) is 0 Å². The van der Waals surface area contributed by atoms with E-state index in [1.807, 2.05) is 23.6 Å². The molecule has 132 valence electrons. The molecule has 24 heavy (non-hydrogen) atoms. The van der Waals surface area contributed by atoms with Gasteiger partial charge in [0, 0.05) is 42.7 Å². The number of hydrogen-bond acceptors (Lipinski definition) is 4. The largest absolute Gasteiger partial charge is 0.381 e. The maximum Gasteiger partial charge on any atom is 0.244 e. The minimum Gasteiger partial charge on any atom is -0.381 e. The van der Waals surface area contributed by atoms with E-state index in [2.05, 4.69) is 10.2 Å². The van der Waals surface area contributed by atoms with Crippen LogP contribution in [0.2, 0.25) is 0 Å². The average Bonchev–Trinajstić information content (AvgIpc) is 3.14. The van der Waals surface area contributed by atoms with Gasteiger partial charge in [0.05, 0.1) is 0 Å². The van der Waals surface area contributed by atoms with Crippen molar-refractivity contribution in [3.63, 3.8) is 0 Å². The Kier molecular flexibility index (Phi) is 6.46. The number of nitrogens with zero attached hydrogens (tertiary/aromatic N) is 1. The number of likely N-dealkylation sites (tertiary alicyclic amines) is 1. The maximum atomic E-state index is 12.2. The quantitative estimate of drug-likeness (QED) is 0.803. The summed E-state index contributed by atoms with van der Waals surface area (Å²) in [6.07, 6.45) is 9.60. The molecular formula is C19H28N2O2S. The second-order valence-corrected chi connectivity index (χ2v) is 8.00. The highest BCUT2D eigenvalue weighted by Gasteiger charge is 2.35. The molecule has 5 heteroatoms. The van der Waals surface area contributed by atoms with Crippen molar-refractivity contribution < 1.29 is 9.53 Å². The number of carbonyl (C=O) groups is 1. The van der Waals surface area contributed by atoms with E-state index >= 15 is 0 Å². The van der Waals surface area contributed by atoms with E-state index in [4.69, 9.17) is 4.74 Å². The highest BCUT2D eigenvalue weighted by atomic mass is 32.1. The lowest BCUT2D eigenvalue weighted by Gasteiger charge is -2.42. The lowest BCUT2D eigenvalue weighted by atomic mass is 9.79. The van der Waals surface area contributed by atoms with Crippen molar-refractivity contribution in [2.75, 3.05) is 39.4 Å². The number of ether oxygens (including phenoxy) is 1. The fourth-order valence-corrected chi connectivity index (χ4v) is 4.28. The first-order valence-electron chi connectivity index (χ1n) is 9.05. The van der Waals surface area contributed by atoms with Crippen molar-refractivity contribution in [3.8, 4) is 0 Å². The van der Waals surface area contributed by atoms with Gasteiger partial charge < -0.3 is 15.0 Å². The smallest absolute Gasteiger partial charge is 0.244 e. The SMILES string of the molecule is O=C(/C=C/c1cccs1)NCC1(CN2CCCCC2)CCOCC1. The maximum absolute atomic E-state index is 12.2. The minimum atomic E-state index is 0.00732. The van der Waals surface area contributed by atoms with Gasteiger partial charge in [-0.25, -0.2) is 0 Å². The summed E-state index contributed by atoms with van der Waals surface area (Å²) in [7, 11) is 0. The number of thiophene rings is 1. The summed E-state index contributed by atoms with van der Waals surface area (Å²) < 4.78 is 5.57. The molecule has 0 unspecified atom stereocenters. The molecule has 0 radical (unpaired) electrons. The zero-order chi connectivity index (χ0) is 16.7. The molecule has 0 bridgehead atoms. The van der Waals surface area contributed by atoms with E-state index < -0.39 is 0 Å². The van der Waals surface area contributed by atoms with Gasteiger partial charge in [0.2, 0.25) is 5.91 Å². The van der Waals surface area contributed by atoms with Crippen LogP contribution in [0.4, 0.5) is 0 Å². The standard InChI is InChI=1S/C19H28N2O2S/c22-18(7-6-17-5-4-14-24-17)20-15-19(8-12-23-13-9-19)16-21-10-2-1-3-11-21/h4-7,14H,1-3,8-13,15-16H2,(H,20,22)/b7-6+. The van der Waals surface area contributed by atoms with Crippen LogP contribution in [0.5, 0.6) is 0 Å². The van der Waals surface area contributed by atoms with Gasteiger partial charge >= 0.3 is 0 Å². The number of nitrogens with one attached hydrogen (secondary N) is 1. The van der Waals surface area contributed by atoms with Crippen molar-refractivity contribution in [1.82, 2.24) is 10.2 Å². The van der Waals surface area contributed by atoms with E-state index in [-0.39, 0.29) is 11.3 Å². The lowest BCUT2D eigenvalue weighted by molar-refractivity contribution is -0.117. The Bertz CT molecular complexity index is 530. The summed E-state index contributed by atoms with van der Waals surface area (Å²) in [5.41, 5.74) is 0.169. The molecule has 0 spiro atoms. The van der Waals surface area contributed by atoms with Gasteiger partial charge in [-0.3, -0.25) is 4.79 Å². The highest BCUT2D eigenvalue weighted by Crippen LogP contribution is 2.32. The van der Waals surface area contributed by atoms with Gasteiger partial charge in [-0.1, -0.05) is 12.5 Å². The van der Waals surface area contributed by atoms with Gasteiger partial charge in [-0.15, -0.1) is 11.3 Å². The minimum absolute atomic E-state index is 0.00732. The highest BCUT2D eigenvalue weighted by molar-refractivity contribution is 7.10. The molecule has 2 aliphatic heterocycles. The zero-order valence-corrected chi connectivity index (χ0v) is 15.2. The molecule has 2 fully saturated rings. The fourth-order valence-electron chi connectivity index (χ4n) is 3.66. The van der Waals surface area contributed by atoms with Crippen molar-refractivity contribution in [2.45, 2.75) is 32.1 Å². The normalized spacial score (nSPS) is 21.8. The van der Waals surface area contributed by atoms with Crippen molar-refractivity contribution >= 4 is 23.3 Å². The summed E-state index contributed by atoms with van der Waals surface area (Å²) >= 11 is 1.64. The van der Waals surface area contributed by atoms with Crippen LogP contribution in [0, 0.1) is 5.41 Å². The Morgan fingerprint density at radius 1 is 1.29 bits per heavy atom. The summed E-state index contributed by atoms with van der Waals surface area (Å²) in [5, 5.41) is 5.16. The van der Waals surface area contributed by atoms with Gasteiger partial charge in [0.1, 0.15) is 0 Å². The van der Waals surface area contributed by atoms with Crippen LogP contribution in [0.1, 0.15) is 37.0 Å². The third-order valence-corrected chi connectivity index (χ3v) is 5.98. The molecule has 2 aliphatic rings. The Balaban J connectivity index is 1.54. The predicted molar refractivity (Wildman–Crippen MR) is 99.1 cm³/mol. The van der Waals surface area contributed by atoms with Crippen molar-refractivity contribution in [3.05, 3.63) is 28.5 Å². The predicted octanol–water partition coefficient (Wildman–Crippen LogP) is 3.16. The molecule has 0 aliphatic carbocycles. The second-order valence-electron chi connectivity index (χ2n) is 7.02. The Morgan fingerprint density at radius 3 is 2.79 bits per heavy atom. The summed E-state index contributed by atoms with van der Waals surface area (Å²) in [4.78, 5) is 15.9. The molecule has 1 N–H and O–H groups in total. The van der Waals surface area contributed by atoms with Crippen LogP contribution in [-0.2, 0) is 9.53 Å². The topological polar surface area (TPSA) is 41.6 Å². The summed E-state index contributed by atoms with van der Waals surface area (Å²) in [5.74, 6) is 0.00732. The van der Waals surface area contributed by atoms with E-state index in [1.54, 1.807) is 17.4 Å². The van der Waals surface area contributed by atoms with Crippen molar-refractivity contribution in [1.29, 1.82) is 0 Å². The van der Waals surface area contributed by atoms with Gasteiger partial charge in [-0.2, -0.15) is 0 Å². The van der Waals surface area contributed by atoms with E-state index in [1.165, 1.54) is 32.4 Å². The first kappa shape index (κ1) is 17.6. The van der Waals surface area contributed by atoms with Crippen LogP contribution >= 0.6 is 11.3 Å². The Morgan fingerprint density at radius 2 is 2.08 bits per heavy atom. The Hall–Kier alpha value is -1.17. The number of piperidine rings is 1. The summed E-state index contributed by atoms with van der Waals surface area (Å²) in [6.45, 7) is 5.87. The van der Waals surface area contributed by atoms with Crippen molar-refractivity contribution in [2.24, 2.45) is 5.41 Å². The molecular weight excluding hydrogens is 320 g/mol. The van der Waals surface area contributed by atoms with Gasteiger partial charge in [0.25, 0.3) is 0 Å². The lowest BCUT2D eigenvalue weighted by Crippen LogP contribution is -2.49. The van der Waals surface area contributed by atoms with Crippen LogP contribution in [0.25, 0.3) is 6.08 Å². The molecule has 4 nitrogen and oxygen atoms in total. The van der Waals surface area contributed by atoms with Gasteiger partial charge in [0.15, 0.2) is 0 Å². The molecule has 0 atom stereocenters. The first-order valence-corrected chi connectivity index (χ1v) is 9.93. The third-order valence-electron chi connectivity index (χ3n) is 5.14. The molecule has 0 saturated carbocycles. The van der Waals surface area contributed by atoms with E-state index in [9.17, 15) is 4.79 Å². The molecule has 1 amide bonds. The molecule has 3 heterocycles. The molecule has 2 saturated heterocycles. The molecule has 1 aromatic rings.